The molecule has 0 bridgehead atoms. The van der Waals surface area contributed by atoms with E-state index in [0.717, 1.165) is 18.0 Å². The van der Waals surface area contributed by atoms with Gasteiger partial charge in [0.25, 0.3) is 0 Å². The molecular formula is C15H29N3. The molecule has 2 atom stereocenters. The Morgan fingerprint density at radius 1 is 0.944 bits per heavy atom. The second-order valence-electron chi connectivity index (χ2n) is 6.80. The SMILES string of the molecule is CC(CN1CCCC1)CN1CCC(NC2CC2)C1. The van der Waals surface area contributed by atoms with Crippen LogP contribution in [0.2, 0.25) is 0 Å². The number of hydrogen-bond donors (Lipinski definition) is 1. The van der Waals surface area contributed by atoms with E-state index in [2.05, 4.69) is 22.0 Å². The second-order valence-corrected chi connectivity index (χ2v) is 6.80. The predicted octanol–water partition coefficient (Wildman–Crippen LogP) is 1.54. The lowest BCUT2D eigenvalue weighted by molar-refractivity contribution is 0.223. The normalized spacial score (nSPS) is 32.2. The van der Waals surface area contributed by atoms with Gasteiger partial charge in [0.1, 0.15) is 0 Å². The Labute approximate surface area is 112 Å². The first-order valence-electron chi connectivity index (χ1n) is 8.00. The fraction of sp³-hybridized carbons (Fsp3) is 1.00. The van der Waals surface area contributed by atoms with E-state index in [1.165, 1.54) is 71.4 Å². The van der Waals surface area contributed by atoms with E-state index in [-0.39, 0.29) is 0 Å². The van der Waals surface area contributed by atoms with Crippen molar-refractivity contribution in [2.24, 2.45) is 5.92 Å². The van der Waals surface area contributed by atoms with Gasteiger partial charge < -0.3 is 15.1 Å². The first-order chi connectivity index (χ1) is 8.79. The molecule has 0 spiro atoms. The van der Waals surface area contributed by atoms with E-state index in [1.54, 1.807) is 0 Å². The molecule has 3 nitrogen and oxygen atoms in total. The zero-order valence-corrected chi connectivity index (χ0v) is 11.9. The molecule has 104 valence electrons. The van der Waals surface area contributed by atoms with Gasteiger partial charge in [-0.3, -0.25) is 0 Å². The number of rotatable bonds is 6. The molecule has 1 saturated carbocycles. The number of hydrogen-bond acceptors (Lipinski definition) is 3. The van der Waals surface area contributed by atoms with E-state index >= 15 is 0 Å². The van der Waals surface area contributed by atoms with Crippen LogP contribution in [-0.4, -0.2) is 61.2 Å². The maximum atomic E-state index is 3.78. The third-order valence-electron chi connectivity index (χ3n) is 4.66. The highest BCUT2D eigenvalue weighted by Gasteiger charge is 2.29. The molecule has 1 N–H and O–H groups in total. The molecule has 2 saturated heterocycles. The molecule has 0 aromatic heterocycles. The lowest BCUT2D eigenvalue weighted by Crippen LogP contribution is -2.37. The Morgan fingerprint density at radius 2 is 1.67 bits per heavy atom. The van der Waals surface area contributed by atoms with Gasteiger partial charge in [-0.25, -0.2) is 0 Å². The van der Waals surface area contributed by atoms with Gasteiger partial charge in [-0.1, -0.05) is 6.92 Å². The summed E-state index contributed by atoms with van der Waals surface area (Å²) in [5.74, 6) is 0.836. The van der Waals surface area contributed by atoms with E-state index in [9.17, 15) is 0 Å². The van der Waals surface area contributed by atoms with Crippen molar-refractivity contribution in [3.05, 3.63) is 0 Å². The second kappa shape index (κ2) is 5.89. The summed E-state index contributed by atoms with van der Waals surface area (Å²) in [5, 5.41) is 3.78. The van der Waals surface area contributed by atoms with Gasteiger partial charge in [0.05, 0.1) is 0 Å². The molecule has 3 rings (SSSR count). The van der Waals surface area contributed by atoms with Crippen molar-refractivity contribution >= 4 is 0 Å². The minimum Gasteiger partial charge on any atom is -0.310 e. The van der Waals surface area contributed by atoms with E-state index in [4.69, 9.17) is 0 Å². The molecule has 0 aromatic rings. The van der Waals surface area contributed by atoms with Crippen LogP contribution in [0.1, 0.15) is 39.0 Å². The topological polar surface area (TPSA) is 18.5 Å². The van der Waals surface area contributed by atoms with Crippen LogP contribution in [0.3, 0.4) is 0 Å². The molecule has 0 radical (unpaired) electrons. The summed E-state index contributed by atoms with van der Waals surface area (Å²) in [4.78, 5) is 5.33. The molecule has 0 amide bonds. The molecule has 0 aromatic carbocycles. The highest BCUT2D eigenvalue weighted by atomic mass is 15.2. The van der Waals surface area contributed by atoms with Crippen LogP contribution in [0, 0.1) is 5.92 Å². The summed E-state index contributed by atoms with van der Waals surface area (Å²) in [6.07, 6.45) is 7.05. The third kappa shape index (κ3) is 3.69. The number of likely N-dealkylation sites (tertiary alicyclic amines) is 2. The monoisotopic (exact) mass is 251 g/mol. The third-order valence-corrected chi connectivity index (χ3v) is 4.66. The van der Waals surface area contributed by atoms with E-state index in [0.29, 0.717) is 0 Å². The van der Waals surface area contributed by atoms with Gasteiger partial charge in [0.15, 0.2) is 0 Å². The maximum absolute atomic E-state index is 3.78. The quantitative estimate of drug-likeness (QED) is 0.772. The predicted molar refractivity (Wildman–Crippen MR) is 75.8 cm³/mol. The van der Waals surface area contributed by atoms with Crippen molar-refractivity contribution in [1.29, 1.82) is 0 Å². The van der Waals surface area contributed by atoms with Crippen molar-refractivity contribution in [3.63, 3.8) is 0 Å². The van der Waals surface area contributed by atoms with Gasteiger partial charge in [0, 0.05) is 31.7 Å². The Morgan fingerprint density at radius 3 is 2.39 bits per heavy atom. The summed E-state index contributed by atoms with van der Waals surface area (Å²) in [5.41, 5.74) is 0. The molecule has 3 fully saturated rings. The summed E-state index contributed by atoms with van der Waals surface area (Å²) >= 11 is 0. The first kappa shape index (κ1) is 12.9. The van der Waals surface area contributed by atoms with Crippen LogP contribution in [0.25, 0.3) is 0 Å². The Bertz CT molecular complexity index is 258. The fourth-order valence-corrected chi connectivity index (χ4v) is 3.62. The molecule has 2 heterocycles. The van der Waals surface area contributed by atoms with Crippen LogP contribution in [0.15, 0.2) is 0 Å². The minimum absolute atomic E-state index is 0.788. The summed E-state index contributed by atoms with van der Waals surface area (Å²) < 4.78 is 0. The highest BCUT2D eigenvalue weighted by molar-refractivity contribution is 4.89. The zero-order chi connectivity index (χ0) is 12.4. The van der Waals surface area contributed by atoms with E-state index in [1.807, 2.05) is 0 Å². The Kier molecular flexibility index (Phi) is 4.22. The number of nitrogens with zero attached hydrogens (tertiary/aromatic N) is 2. The molecule has 2 aliphatic heterocycles. The molecule has 18 heavy (non-hydrogen) atoms. The van der Waals surface area contributed by atoms with Gasteiger partial charge in [-0.15, -0.1) is 0 Å². The Hall–Kier alpha value is -0.120. The van der Waals surface area contributed by atoms with Gasteiger partial charge in [0.2, 0.25) is 0 Å². The zero-order valence-electron chi connectivity index (χ0n) is 11.9. The van der Waals surface area contributed by atoms with Crippen molar-refractivity contribution in [2.45, 2.75) is 51.1 Å². The largest absolute Gasteiger partial charge is 0.310 e. The summed E-state index contributed by atoms with van der Waals surface area (Å²) in [6.45, 7) is 10.3. The fourth-order valence-electron chi connectivity index (χ4n) is 3.62. The van der Waals surface area contributed by atoms with Crippen molar-refractivity contribution in [1.82, 2.24) is 15.1 Å². The molecule has 3 aliphatic rings. The molecule has 1 aliphatic carbocycles. The lowest BCUT2D eigenvalue weighted by atomic mass is 10.1. The number of nitrogens with one attached hydrogen (secondary N) is 1. The van der Waals surface area contributed by atoms with Gasteiger partial charge in [-0.05, 0) is 57.7 Å². The van der Waals surface area contributed by atoms with Crippen LogP contribution >= 0.6 is 0 Å². The van der Waals surface area contributed by atoms with Crippen LogP contribution in [0.5, 0.6) is 0 Å². The molecule has 3 heteroatoms. The van der Waals surface area contributed by atoms with Crippen LogP contribution < -0.4 is 5.32 Å². The lowest BCUT2D eigenvalue weighted by Gasteiger charge is -2.25. The van der Waals surface area contributed by atoms with Crippen molar-refractivity contribution in [2.75, 3.05) is 39.3 Å². The van der Waals surface area contributed by atoms with Gasteiger partial charge in [-0.2, -0.15) is 0 Å². The van der Waals surface area contributed by atoms with Crippen molar-refractivity contribution in [3.8, 4) is 0 Å². The summed E-state index contributed by atoms with van der Waals surface area (Å²) in [7, 11) is 0. The van der Waals surface area contributed by atoms with Crippen molar-refractivity contribution < 1.29 is 0 Å². The van der Waals surface area contributed by atoms with Crippen LogP contribution in [-0.2, 0) is 0 Å². The summed E-state index contributed by atoms with van der Waals surface area (Å²) in [6, 6.07) is 1.66. The highest BCUT2D eigenvalue weighted by Crippen LogP contribution is 2.22. The first-order valence-corrected chi connectivity index (χ1v) is 8.00. The molecule has 2 unspecified atom stereocenters. The standard InChI is InChI=1S/C15H29N3/c1-13(10-17-7-2-3-8-17)11-18-9-6-15(12-18)16-14-4-5-14/h13-16H,2-12H2,1H3. The van der Waals surface area contributed by atoms with Gasteiger partial charge >= 0.3 is 0 Å². The van der Waals surface area contributed by atoms with E-state index < -0.39 is 0 Å². The van der Waals surface area contributed by atoms with Crippen LogP contribution in [0.4, 0.5) is 0 Å². The average Bonchev–Trinajstić information content (AvgIpc) is 2.82. The smallest absolute Gasteiger partial charge is 0.0209 e. The minimum atomic E-state index is 0.788. The Balaban J connectivity index is 1.34. The molecular weight excluding hydrogens is 222 g/mol. The maximum Gasteiger partial charge on any atom is 0.0209 e. The average molecular weight is 251 g/mol.